The summed E-state index contributed by atoms with van der Waals surface area (Å²) in [5, 5.41) is 3.70. The second kappa shape index (κ2) is 11.8. The summed E-state index contributed by atoms with van der Waals surface area (Å²) in [6.07, 6.45) is 10.5. The van der Waals surface area contributed by atoms with Crippen molar-refractivity contribution in [2.45, 2.75) is 31.8 Å². The van der Waals surface area contributed by atoms with Crippen molar-refractivity contribution in [1.82, 2.24) is 16.2 Å². The van der Waals surface area contributed by atoms with Crippen LogP contribution in [0.5, 0.6) is 5.75 Å². The lowest BCUT2D eigenvalue weighted by Gasteiger charge is -2.17. The Balaban J connectivity index is 1.22. The van der Waals surface area contributed by atoms with Crippen LogP contribution in [0.15, 0.2) is 115 Å². The number of rotatable bonds is 8. The van der Waals surface area contributed by atoms with Crippen molar-refractivity contribution in [3.63, 3.8) is 0 Å². The van der Waals surface area contributed by atoms with Crippen LogP contribution >= 0.6 is 0 Å². The van der Waals surface area contributed by atoms with Gasteiger partial charge in [0.1, 0.15) is 12.4 Å². The van der Waals surface area contributed by atoms with Crippen molar-refractivity contribution in [3.05, 3.63) is 149 Å². The van der Waals surface area contributed by atoms with E-state index in [9.17, 15) is 0 Å². The van der Waals surface area contributed by atoms with Gasteiger partial charge in [-0.25, -0.2) is 10.9 Å². The molecule has 4 aromatic carbocycles. The van der Waals surface area contributed by atoms with Gasteiger partial charge >= 0.3 is 0 Å². The van der Waals surface area contributed by atoms with Crippen LogP contribution in [0.3, 0.4) is 0 Å². The molecule has 200 valence electrons. The molecular formula is C35H34N4O. The molecule has 2 atom stereocenters. The molecular weight excluding hydrogens is 492 g/mol. The predicted molar refractivity (Wildman–Crippen MR) is 164 cm³/mol. The van der Waals surface area contributed by atoms with Crippen molar-refractivity contribution in [2.75, 3.05) is 0 Å². The maximum atomic E-state index is 6.29. The summed E-state index contributed by atoms with van der Waals surface area (Å²) < 4.78 is 6.29. The molecule has 2 unspecified atom stereocenters. The van der Waals surface area contributed by atoms with Crippen molar-refractivity contribution < 1.29 is 4.74 Å². The number of hydrogen-bond acceptors (Lipinski definition) is 5. The minimum atomic E-state index is -0.0249. The molecule has 5 N–H and O–H groups in total. The minimum absolute atomic E-state index is 0.0237. The zero-order valence-electron chi connectivity index (χ0n) is 22.4. The first kappa shape index (κ1) is 25.8. The molecule has 6 rings (SSSR count). The molecule has 0 amide bonds. The summed E-state index contributed by atoms with van der Waals surface area (Å²) in [4.78, 5) is 0. The van der Waals surface area contributed by atoms with Gasteiger partial charge in [0.2, 0.25) is 0 Å². The lowest BCUT2D eigenvalue weighted by Crippen LogP contribution is -2.26. The van der Waals surface area contributed by atoms with Crippen LogP contribution in [-0.4, -0.2) is 0 Å². The highest BCUT2D eigenvalue weighted by Crippen LogP contribution is 2.32. The van der Waals surface area contributed by atoms with Crippen molar-refractivity contribution in [3.8, 4) is 16.9 Å². The fraction of sp³-hybridized carbons (Fsp3) is 0.143. The number of benzene rings is 4. The maximum Gasteiger partial charge on any atom is 0.127 e. The highest BCUT2D eigenvalue weighted by Gasteiger charge is 2.25. The van der Waals surface area contributed by atoms with Gasteiger partial charge in [-0.15, -0.1) is 0 Å². The average molecular weight is 527 g/mol. The SMILES string of the molecule is C=C(N)/C=C\c1ccc(-c2cccc(C3NNC(c4ccc5c(c4)C=CCC5)N3)c2)cc1OCc1ccccc1. The van der Waals surface area contributed by atoms with E-state index < -0.39 is 0 Å². The maximum absolute atomic E-state index is 6.29. The number of hydrazine groups is 1. The Kier molecular flexibility index (Phi) is 7.60. The fourth-order valence-electron chi connectivity index (χ4n) is 5.21. The van der Waals surface area contributed by atoms with E-state index >= 15 is 0 Å². The Morgan fingerprint density at radius 2 is 1.68 bits per heavy atom. The van der Waals surface area contributed by atoms with Crippen LogP contribution in [0, 0.1) is 0 Å². The van der Waals surface area contributed by atoms with Gasteiger partial charge in [0, 0.05) is 11.3 Å². The van der Waals surface area contributed by atoms with Crippen molar-refractivity contribution in [1.29, 1.82) is 0 Å². The number of hydrogen-bond donors (Lipinski definition) is 4. The minimum Gasteiger partial charge on any atom is -0.488 e. The molecule has 1 aliphatic carbocycles. The van der Waals surface area contributed by atoms with E-state index in [1.165, 1.54) is 16.7 Å². The molecule has 0 spiro atoms. The molecule has 5 heteroatoms. The van der Waals surface area contributed by atoms with Crippen LogP contribution in [-0.2, 0) is 13.0 Å². The van der Waals surface area contributed by atoms with Crippen LogP contribution in [0.2, 0.25) is 0 Å². The van der Waals surface area contributed by atoms with E-state index in [-0.39, 0.29) is 12.3 Å². The first-order valence-electron chi connectivity index (χ1n) is 13.7. The second-order valence-corrected chi connectivity index (χ2v) is 10.3. The third kappa shape index (κ3) is 5.92. The Morgan fingerprint density at radius 3 is 2.50 bits per heavy atom. The molecule has 1 heterocycles. The van der Waals surface area contributed by atoms with Gasteiger partial charge in [0.05, 0.1) is 12.3 Å². The molecule has 0 aromatic heterocycles. The lowest BCUT2D eigenvalue weighted by atomic mass is 9.95. The molecule has 1 aliphatic heterocycles. The van der Waals surface area contributed by atoms with Crippen molar-refractivity contribution in [2.24, 2.45) is 5.73 Å². The fourth-order valence-corrected chi connectivity index (χ4v) is 5.21. The molecule has 2 aliphatic rings. The number of ether oxygens (including phenoxy) is 1. The number of fused-ring (bicyclic) bond motifs is 1. The van der Waals surface area contributed by atoms with E-state index in [1.54, 1.807) is 6.08 Å². The zero-order chi connectivity index (χ0) is 27.3. The third-order valence-electron chi connectivity index (χ3n) is 7.37. The standard InChI is InChI=1S/C35H34N4O/c1-24(36)14-15-27-17-18-30(22-33(27)40-23-25-8-3-2-4-9-25)29-12-7-13-31(21-29)34-37-35(39-38-34)32-19-16-26-10-5-6-11-28(26)20-32/h2-4,6-9,11-22,34-35,37-39H,1,5,10,23,36H2/b15-14-. The van der Waals surface area contributed by atoms with E-state index in [4.69, 9.17) is 10.5 Å². The molecule has 4 aromatic rings. The molecule has 40 heavy (non-hydrogen) atoms. The van der Waals surface area contributed by atoms with E-state index in [1.807, 2.05) is 24.3 Å². The van der Waals surface area contributed by atoms with Crippen molar-refractivity contribution >= 4 is 12.2 Å². The lowest BCUT2D eigenvalue weighted by molar-refractivity contribution is 0.305. The zero-order valence-corrected chi connectivity index (χ0v) is 22.4. The summed E-state index contributed by atoms with van der Waals surface area (Å²) in [5.74, 6) is 0.796. The Bertz CT molecular complexity index is 1570. The average Bonchev–Trinajstić information content (AvgIpc) is 3.50. The van der Waals surface area contributed by atoms with E-state index in [0.717, 1.165) is 46.4 Å². The summed E-state index contributed by atoms with van der Waals surface area (Å²) in [7, 11) is 0. The highest BCUT2D eigenvalue weighted by atomic mass is 16.5. The van der Waals surface area contributed by atoms with Crippen LogP contribution in [0.25, 0.3) is 23.3 Å². The molecule has 1 fully saturated rings. The van der Waals surface area contributed by atoms with E-state index in [0.29, 0.717) is 12.3 Å². The van der Waals surface area contributed by atoms with Gasteiger partial charge in [-0.05, 0) is 82.1 Å². The molecule has 0 radical (unpaired) electrons. The van der Waals surface area contributed by atoms with Crippen LogP contribution in [0.1, 0.15) is 52.1 Å². The quantitative estimate of drug-likeness (QED) is 0.191. The summed E-state index contributed by atoms with van der Waals surface area (Å²) >= 11 is 0. The first-order chi connectivity index (χ1) is 19.6. The topological polar surface area (TPSA) is 71.3 Å². The molecule has 0 bridgehead atoms. The summed E-state index contributed by atoms with van der Waals surface area (Å²) in [6.45, 7) is 4.26. The van der Waals surface area contributed by atoms with Crippen LogP contribution < -0.4 is 26.6 Å². The van der Waals surface area contributed by atoms with Gasteiger partial charge in [-0.2, -0.15) is 0 Å². The number of nitrogens with two attached hydrogens (primary N) is 1. The number of nitrogens with one attached hydrogen (secondary N) is 3. The number of allylic oxidation sites excluding steroid dienone is 2. The van der Waals surface area contributed by atoms with Gasteiger partial charge in [-0.3, -0.25) is 5.32 Å². The predicted octanol–water partition coefficient (Wildman–Crippen LogP) is 6.77. The summed E-state index contributed by atoms with van der Waals surface area (Å²) in [6, 6.07) is 31.8. The Morgan fingerprint density at radius 1 is 0.875 bits per heavy atom. The second-order valence-electron chi connectivity index (χ2n) is 10.3. The monoisotopic (exact) mass is 526 g/mol. The van der Waals surface area contributed by atoms with E-state index in [2.05, 4.69) is 108 Å². The smallest absolute Gasteiger partial charge is 0.127 e. The largest absolute Gasteiger partial charge is 0.488 e. The third-order valence-corrected chi connectivity index (χ3v) is 7.37. The van der Waals surface area contributed by atoms with Gasteiger partial charge in [0.25, 0.3) is 0 Å². The van der Waals surface area contributed by atoms with Gasteiger partial charge in [-0.1, -0.05) is 91.5 Å². The van der Waals surface area contributed by atoms with Gasteiger partial charge in [0.15, 0.2) is 0 Å². The highest BCUT2D eigenvalue weighted by molar-refractivity contribution is 5.71. The first-order valence-corrected chi connectivity index (χ1v) is 13.7. The molecule has 5 nitrogen and oxygen atoms in total. The Labute approximate surface area is 236 Å². The normalized spacial score (nSPS) is 18.1. The molecule has 1 saturated heterocycles. The van der Waals surface area contributed by atoms with Gasteiger partial charge < -0.3 is 10.5 Å². The van der Waals surface area contributed by atoms with Crippen LogP contribution in [0.4, 0.5) is 0 Å². The Hall–Kier alpha value is -4.42. The molecule has 0 saturated carbocycles. The summed E-state index contributed by atoms with van der Waals surface area (Å²) in [5.41, 5.74) is 22.5. The number of aryl methyl sites for hydroxylation is 1.